The minimum atomic E-state index is -1.04. The van der Waals surface area contributed by atoms with E-state index in [0.29, 0.717) is 17.0 Å². The molecule has 0 bridgehead atoms. The highest BCUT2D eigenvalue weighted by atomic mass is 32.1. The fraction of sp³-hybridized carbons (Fsp3) is 0.118. The summed E-state index contributed by atoms with van der Waals surface area (Å²) in [5.41, 5.74) is 2.23. The third kappa shape index (κ3) is 5.36. The van der Waals surface area contributed by atoms with Crippen molar-refractivity contribution in [2.45, 2.75) is 6.92 Å². The molecule has 1 amide bonds. The van der Waals surface area contributed by atoms with Crippen molar-refractivity contribution < 1.29 is 19.4 Å². The van der Waals surface area contributed by atoms with Crippen LogP contribution in [0.2, 0.25) is 0 Å². The number of carboxylic acid groups (broad SMARTS) is 1. The molecular formula is C17H16N2O4S. The van der Waals surface area contributed by atoms with Gasteiger partial charge in [0.05, 0.1) is 0 Å². The molecule has 0 atom stereocenters. The Hall–Kier alpha value is -2.93. The number of anilines is 1. The summed E-state index contributed by atoms with van der Waals surface area (Å²) in [6.45, 7) is 1.54. The Balaban J connectivity index is 1.88. The average Bonchev–Trinajstić information content (AvgIpc) is 2.54. The highest BCUT2D eigenvalue weighted by Gasteiger charge is 2.08. The smallest absolute Gasteiger partial charge is 0.341 e. The van der Waals surface area contributed by atoms with Crippen molar-refractivity contribution >= 4 is 34.9 Å². The van der Waals surface area contributed by atoms with Crippen molar-refractivity contribution in [2.24, 2.45) is 0 Å². The van der Waals surface area contributed by atoms with Crippen LogP contribution in [0.1, 0.15) is 15.9 Å². The molecule has 0 heterocycles. The second-order valence-corrected chi connectivity index (χ2v) is 5.39. The lowest BCUT2D eigenvalue weighted by Crippen LogP contribution is -2.34. The Morgan fingerprint density at radius 1 is 1.08 bits per heavy atom. The summed E-state index contributed by atoms with van der Waals surface area (Å²) in [7, 11) is 0. The molecule has 0 radical (unpaired) electrons. The summed E-state index contributed by atoms with van der Waals surface area (Å²) in [5, 5.41) is 14.2. The van der Waals surface area contributed by atoms with Crippen LogP contribution < -0.4 is 15.4 Å². The van der Waals surface area contributed by atoms with Gasteiger partial charge < -0.3 is 15.2 Å². The van der Waals surface area contributed by atoms with Crippen LogP contribution in [0, 0.1) is 6.92 Å². The molecule has 2 aromatic carbocycles. The number of hydrogen-bond acceptors (Lipinski definition) is 4. The van der Waals surface area contributed by atoms with Gasteiger partial charge >= 0.3 is 5.97 Å². The molecule has 0 aliphatic rings. The van der Waals surface area contributed by atoms with E-state index in [2.05, 4.69) is 10.6 Å². The van der Waals surface area contributed by atoms with Crippen molar-refractivity contribution in [3.63, 3.8) is 0 Å². The van der Waals surface area contributed by atoms with Crippen molar-refractivity contribution in [3.8, 4) is 5.75 Å². The number of amides is 1. The summed E-state index contributed by atoms with van der Waals surface area (Å²) in [6, 6.07) is 13.7. The molecule has 0 aromatic heterocycles. The highest BCUT2D eigenvalue weighted by molar-refractivity contribution is 7.80. The molecule has 6 nitrogen and oxygen atoms in total. The standard InChI is InChI=1S/C17H16N2O4S/c1-11-2-4-12(5-3-11)16(22)19-17(24)18-13-6-8-14(9-7-13)23-10-15(20)21/h2-9H,10H2,1H3,(H,20,21)(H2,18,19,22,24). The zero-order valence-electron chi connectivity index (χ0n) is 12.9. The third-order valence-electron chi connectivity index (χ3n) is 3.02. The van der Waals surface area contributed by atoms with Gasteiger partial charge in [-0.1, -0.05) is 17.7 Å². The number of aryl methyl sites for hydroxylation is 1. The summed E-state index contributed by atoms with van der Waals surface area (Å²) in [6.07, 6.45) is 0. The molecule has 0 fully saturated rings. The Kier molecular flexibility index (Phi) is 5.86. The maximum atomic E-state index is 12.0. The van der Waals surface area contributed by atoms with Crippen LogP contribution in [-0.4, -0.2) is 28.7 Å². The summed E-state index contributed by atoms with van der Waals surface area (Å²) in [5.74, 6) is -0.913. The van der Waals surface area contributed by atoms with Crippen LogP contribution in [0.25, 0.3) is 0 Å². The van der Waals surface area contributed by atoms with E-state index in [1.807, 2.05) is 19.1 Å². The van der Waals surface area contributed by atoms with Gasteiger partial charge in [-0.2, -0.15) is 0 Å². The Bertz CT molecular complexity index is 742. The zero-order valence-corrected chi connectivity index (χ0v) is 13.7. The van der Waals surface area contributed by atoms with Crippen LogP contribution >= 0.6 is 12.2 Å². The van der Waals surface area contributed by atoms with Crippen LogP contribution in [0.5, 0.6) is 5.75 Å². The van der Waals surface area contributed by atoms with Crippen molar-refractivity contribution in [1.82, 2.24) is 5.32 Å². The molecular weight excluding hydrogens is 328 g/mol. The van der Waals surface area contributed by atoms with E-state index in [0.717, 1.165) is 5.56 Å². The number of nitrogens with one attached hydrogen (secondary N) is 2. The fourth-order valence-corrected chi connectivity index (χ4v) is 2.03. The molecule has 2 rings (SSSR count). The van der Waals surface area contributed by atoms with Crippen LogP contribution in [0.4, 0.5) is 5.69 Å². The van der Waals surface area contributed by atoms with E-state index in [4.69, 9.17) is 22.1 Å². The van der Waals surface area contributed by atoms with Gasteiger partial charge in [0.15, 0.2) is 11.7 Å². The minimum Gasteiger partial charge on any atom is -0.482 e. The molecule has 0 unspecified atom stereocenters. The van der Waals surface area contributed by atoms with E-state index in [9.17, 15) is 9.59 Å². The SMILES string of the molecule is Cc1ccc(C(=O)NC(=S)Nc2ccc(OCC(=O)O)cc2)cc1. The molecule has 24 heavy (non-hydrogen) atoms. The van der Waals surface area contributed by atoms with E-state index in [-0.39, 0.29) is 11.0 Å². The Labute approximate surface area is 144 Å². The molecule has 0 saturated carbocycles. The first kappa shape index (κ1) is 17.4. The largest absolute Gasteiger partial charge is 0.482 e. The number of carboxylic acids is 1. The van der Waals surface area contributed by atoms with E-state index >= 15 is 0 Å². The fourth-order valence-electron chi connectivity index (χ4n) is 1.82. The van der Waals surface area contributed by atoms with Gasteiger partial charge in [-0.05, 0) is 55.5 Å². The Morgan fingerprint density at radius 3 is 2.29 bits per heavy atom. The molecule has 2 aromatic rings. The maximum absolute atomic E-state index is 12.0. The van der Waals surface area contributed by atoms with Crippen molar-refractivity contribution in [3.05, 3.63) is 59.7 Å². The number of ether oxygens (including phenoxy) is 1. The molecule has 0 aliphatic heterocycles. The number of carbonyl (C=O) groups is 2. The minimum absolute atomic E-state index is 0.166. The summed E-state index contributed by atoms with van der Waals surface area (Å²) < 4.78 is 5.03. The number of carbonyl (C=O) groups excluding carboxylic acids is 1. The predicted molar refractivity (Wildman–Crippen MR) is 94.4 cm³/mol. The van der Waals surface area contributed by atoms with Gasteiger partial charge in [0, 0.05) is 11.3 Å². The van der Waals surface area contributed by atoms with Gasteiger partial charge in [0.1, 0.15) is 5.75 Å². The Morgan fingerprint density at radius 2 is 1.71 bits per heavy atom. The van der Waals surface area contributed by atoms with Gasteiger partial charge in [-0.3, -0.25) is 10.1 Å². The van der Waals surface area contributed by atoms with E-state index in [1.165, 1.54) is 0 Å². The number of aliphatic carboxylic acids is 1. The van der Waals surface area contributed by atoms with Crippen LogP contribution in [0.3, 0.4) is 0 Å². The molecule has 7 heteroatoms. The second kappa shape index (κ2) is 8.07. The predicted octanol–water partition coefficient (Wildman–Crippen LogP) is 2.59. The van der Waals surface area contributed by atoms with Crippen molar-refractivity contribution in [1.29, 1.82) is 0 Å². The normalized spacial score (nSPS) is 9.88. The van der Waals surface area contributed by atoms with E-state index in [1.54, 1.807) is 36.4 Å². The number of benzene rings is 2. The van der Waals surface area contributed by atoms with Crippen LogP contribution in [-0.2, 0) is 4.79 Å². The maximum Gasteiger partial charge on any atom is 0.341 e. The van der Waals surface area contributed by atoms with Gasteiger partial charge in [-0.25, -0.2) is 4.79 Å². The lowest BCUT2D eigenvalue weighted by atomic mass is 10.1. The topological polar surface area (TPSA) is 87.7 Å². The number of thiocarbonyl (C=S) groups is 1. The second-order valence-electron chi connectivity index (χ2n) is 4.98. The van der Waals surface area contributed by atoms with Gasteiger partial charge in [-0.15, -0.1) is 0 Å². The lowest BCUT2D eigenvalue weighted by molar-refractivity contribution is -0.139. The first-order valence-corrected chi connectivity index (χ1v) is 7.48. The molecule has 0 saturated heterocycles. The molecule has 124 valence electrons. The molecule has 0 aliphatic carbocycles. The first-order chi connectivity index (χ1) is 11.4. The third-order valence-corrected chi connectivity index (χ3v) is 3.22. The van der Waals surface area contributed by atoms with Gasteiger partial charge in [0.2, 0.25) is 0 Å². The van der Waals surface area contributed by atoms with Crippen LogP contribution in [0.15, 0.2) is 48.5 Å². The highest BCUT2D eigenvalue weighted by Crippen LogP contribution is 2.15. The summed E-state index contributed by atoms with van der Waals surface area (Å²) >= 11 is 5.10. The van der Waals surface area contributed by atoms with E-state index < -0.39 is 12.6 Å². The molecule has 3 N–H and O–H groups in total. The summed E-state index contributed by atoms with van der Waals surface area (Å²) in [4.78, 5) is 22.5. The number of hydrogen-bond donors (Lipinski definition) is 3. The average molecular weight is 344 g/mol. The zero-order chi connectivity index (χ0) is 17.5. The lowest BCUT2D eigenvalue weighted by Gasteiger charge is -2.10. The first-order valence-electron chi connectivity index (χ1n) is 7.08. The molecule has 0 spiro atoms. The monoisotopic (exact) mass is 344 g/mol. The van der Waals surface area contributed by atoms with Crippen molar-refractivity contribution in [2.75, 3.05) is 11.9 Å². The number of rotatable bonds is 5. The quantitative estimate of drug-likeness (QED) is 0.723. The van der Waals surface area contributed by atoms with Gasteiger partial charge in [0.25, 0.3) is 5.91 Å².